The predicted molar refractivity (Wildman–Crippen MR) is 88.8 cm³/mol. The van der Waals surface area contributed by atoms with Crippen LogP contribution in [0.25, 0.3) is 0 Å². The van der Waals surface area contributed by atoms with E-state index < -0.39 is 16.7 Å². The molecule has 6 nitrogen and oxygen atoms in total. The second kappa shape index (κ2) is 6.34. The first-order valence-electron chi connectivity index (χ1n) is 8.48. The number of carbonyl (C=O) groups excluding carboxylic acids is 2. The molecule has 6 heteroatoms. The van der Waals surface area contributed by atoms with Crippen molar-refractivity contribution >= 4 is 12.1 Å². The molecule has 0 unspecified atom stereocenters. The van der Waals surface area contributed by atoms with Gasteiger partial charge < -0.3 is 5.73 Å². The molecule has 0 aromatic carbocycles. The molecule has 0 aromatic rings. The van der Waals surface area contributed by atoms with Crippen LogP contribution < -0.4 is 5.73 Å². The standard InChI is InChI=1S/C19H22N4O2/c1-11(2)14-5-4-12(3)15(16(14)25)19(10-22)17(23)13(7-24)6-18(19,8-20)9-21/h7,11-12,14-15H,4-6,23H2,1-3H3/t12-,14+,15-,19-/m1/s1. The largest absolute Gasteiger partial charge is 0.400 e. The fourth-order valence-electron chi connectivity index (χ4n) is 4.61. The minimum absolute atomic E-state index is 0.0799. The van der Waals surface area contributed by atoms with E-state index in [0.717, 1.165) is 0 Å². The van der Waals surface area contributed by atoms with Gasteiger partial charge in [-0.05, 0) is 24.7 Å². The van der Waals surface area contributed by atoms with Crippen molar-refractivity contribution in [1.29, 1.82) is 15.8 Å². The number of nitrogens with two attached hydrogens (primary N) is 1. The van der Waals surface area contributed by atoms with E-state index in [2.05, 4.69) is 6.07 Å². The van der Waals surface area contributed by atoms with Gasteiger partial charge in [-0.15, -0.1) is 0 Å². The van der Waals surface area contributed by atoms with Crippen molar-refractivity contribution in [3.05, 3.63) is 11.3 Å². The van der Waals surface area contributed by atoms with Gasteiger partial charge in [0.05, 0.1) is 18.2 Å². The normalized spacial score (nSPS) is 34.3. The van der Waals surface area contributed by atoms with Gasteiger partial charge in [-0.1, -0.05) is 20.8 Å². The van der Waals surface area contributed by atoms with Gasteiger partial charge in [0.15, 0.2) is 5.41 Å². The summed E-state index contributed by atoms with van der Waals surface area (Å²) in [7, 11) is 0. The van der Waals surface area contributed by atoms with Gasteiger partial charge in [-0.3, -0.25) is 9.59 Å². The zero-order valence-electron chi connectivity index (χ0n) is 14.7. The Bertz CT molecular complexity index is 748. The summed E-state index contributed by atoms with van der Waals surface area (Å²) >= 11 is 0. The van der Waals surface area contributed by atoms with Crippen LogP contribution in [0.3, 0.4) is 0 Å². The maximum Gasteiger partial charge on any atom is 0.172 e. The molecule has 2 N–H and O–H groups in total. The third kappa shape index (κ3) is 2.27. The lowest BCUT2D eigenvalue weighted by atomic mass is 9.52. The zero-order valence-corrected chi connectivity index (χ0v) is 14.7. The highest BCUT2D eigenvalue weighted by Crippen LogP contribution is 2.61. The van der Waals surface area contributed by atoms with Crippen molar-refractivity contribution in [3.8, 4) is 18.2 Å². The molecule has 4 atom stereocenters. The summed E-state index contributed by atoms with van der Waals surface area (Å²) in [5.41, 5.74) is 2.55. The van der Waals surface area contributed by atoms with Crippen molar-refractivity contribution in [3.63, 3.8) is 0 Å². The van der Waals surface area contributed by atoms with E-state index in [1.165, 1.54) is 0 Å². The highest BCUT2D eigenvalue weighted by molar-refractivity contribution is 5.88. The molecule has 0 spiro atoms. The number of Topliss-reactive ketones (excluding diaryl/α,β-unsaturated/α-hetero) is 1. The van der Waals surface area contributed by atoms with E-state index in [9.17, 15) is 25.4 Å². The molecular weight excluding hydrogens is 316 g/mol. The molecule has 2 aliphatic rings. The highest BCUT2D eigenvalue weighted by Gasteiger charge is 2.68. The van der Waals surface area contributed by atoms with Gasteiger partial charge in [0.2, 0.25) is 0 Å². The first-order chi connectivity index (χ1) is 11.8. The maximum absolute atomic E-state index is 13.3. The minimum Gasteiger partial charge on any atom is -0.400 e. The van der Waals surface area contributed by atoms with E-state index >= 15 is 0 Å². The molecule has 2 aliphatic carbocycles. The Hall–Kier alpha value is -2.65. The Balaban J connectivity index is 2.77. The lowest BCUT2D eigenvalue weighted by Crippen LogP contribution is -2.53. The van der Waals surface area contributed by atoms with E-state index in [4.69, 9.17) is 5.73 Å². The molecule has 0 bridgehead atoms. The quantitative estimate of drug-likeness (QED) is 0.785. The van der Waals surface area contributed by atoms with E-state index in [0.29, 0.717) is 19.1 Å². The minimum atomic E-state index is -1.82. The molecule has 2 rings (SSSR count). The van der Waals surface area contributed by atoms with Crippen LogP contribution in [0, 0.1) is 68.5 Å². The maximum atomic E-state index is 13.3. The van der Waals surface area contributed by atoms with Crippen molar-refractivity contribution in [2.45, 2.75) is 40.0 Å². The zero-order chi connectivity index (χ0) is 19.0. The predicted octanol–water partition coefficient (Wildman–Crippen LogP) is 2.23. The number of rotatable bonds is 3. The number of carbonyl (C=O) groups is 2. The molecule has 130 valence electrons. The van der Waals surface area contributed by atoms with Crippen molar-refractivity contribution in [2.75, 3.05) is 0 Å². The van der Waals surface area contributed by atoms with Gasteiger partial charge >= 0.3 is 0 Å². The van der Waals surface area contributed by atoms with Crippen molar-refractivity contribution in [2.24, 2.45) is 40.2 Å². The average molecular weight is 338 g/mol. The SMILES string of the molecule is CC(C)[C@@H]1CC[C@@H](C)[C@@H]([C@]2(C#N)C(N)=C(C=O)CC2(C#N)C#N)C1=O. The number of allylic oxidation sites excluding steroid dienone is 2. The van der Waals surface area contributed by atoms with Crippen LogP contribution in [0.15, 0.2) is 11.3 Å². The summed E-state index contributed by atoms with van der Waals surface area (Å²) < 4.78 is 0. The lowest BCUT2D eigenvalue weighted by molar-refractivity contribution is -0.138. The lowest BCUT2D eigenvalue weighted by Gasteiger charge is -2.45. The number of hydrogen-bond acceptors (Lipinski definition) is 6. The van der Waals surface area contributed by atoms with Gasteiger partial charge in [-0.2, -0.15) is 15.8 Å². The van der Waals surface area contributed by atoms with Crippen LogP contribution in [0.1, 0.15) is 40.0 Å². The third-order valence-electron chi connectivity index (χ3n) is 6.05. The van der Waals surface area contributed by atoms with Crippen LogP contribution in [0.2, 0.25) is 0 Å². The number of ketones is 1. The average Bonchev–Trinajstić information content (AvgIpc) is 2.84. The van der Waals surface area contributed by atoms with Crippen LogP contribution in [-0.2, 0) is 9.59 Å². The monoisotopic (exact) mass is 338 g/mol. The van der Waals surface area contributed by atoms with Gasteiger partial charge in [0.25, 0.3) is 0 Å². The fraction of sp³-hybridized carbons (Fsp3) is 0.632. The second-order valence-electron chi connectivity index (χ2n) is 7.57. The summed E-state index contributed by atoms with van der Waals surface area (Å²) in [5.74, 6) is -1.34. The molecule has 0 amide bonds. The smallest absolute Gasteiger partial charge is 0.172 e. The summed E-state index contributed by atoms with van der Waals surface area (Å²) in [5, 5.41) is 29.6. The third-order valence-corrected chi connectivity index (χ3v) is 6.05. The fourth-order valence-corrected chi connectivity index (χ4v) is 4.61. The second-order valence-corrected chi connectivity index (χ2v) is 7.57. The summed E-state index contributed by atoms with van der Waals surface area (Å²) in [6.45, 7) is 5.74. The molecule has 1 fully saturated rings. The number of hydrogen-bond donors (Lipinski definition) is 1. The number of aldehydes is 1. The Kier molecular flexibility index (Phi) is 4.74. The van der Waals surface area contributed by atoms with Crippen LogP contribution in [-0.4, -0.2) is 12.1 Å². The van der Waals surface area contributed by atoms with Crippen LogP contribution in [0.4, 0.5) is 0 Å². The summed E-state index contributed by atoms with van der Waals surface area (Å²) in [6, 6.07) is 5.93. The Labute approximate surface area is 147 Å². The van der Waals surface area contributed by atoms with E-state index in [1.807, 2.05) is 32.9 Å². The van der Waals surface area contributed by atoms with Gasteiger partial charge in [-0.25, -0.2) is 0 Å². The van der Waals surface area contributed by atoms with E-state index in [1.54, 1.807) is 0 Å². The molecule has 0 saturated heterocycles. The van der Waals surface area contributed by atoms with Crippen molar-refractivity contribution in [1.82, 2.24) is 0 Å². The molecular formula is C19H22N4O2. The van der Waals surface area contributed by atoms with Gasteiger partial charge in [0.1, 0.15) is 17.5 Å². The summed E-state index contributed by atoms with van der Waals surface area (Å²) in [6.07, 6.45) is 1.70. The van der Waals surface area contributed by atoms with Crippen LogP contribution in [0.5, 0.6) is 0 Å². The molecule has 0 aromatic heterocycles. The van der Waals surface area contributed by atoms with Gasteiger partial charge in [0, 0.05) is 29.5 Å². The summed E-state index contributed by atoms with van der Waals surface area (Å²) in [4.78, 5) is 24.7. The van der Waals surface area contributed by atoms with Crippen molar-refractivity contribution < 1.29 is 9.59 Å². The van der Waals surface area contributed by atoms with E-state index in [-0.39, 0.29) is 41.2 Å². The number of nitrogens with zero attached hydrogens (tertiary/aromatic N) is 3. The first-order valence-corrected chi connectivity index (χ1v) is 8.48. The Morgan fingerprint density at radius 3 is 2.24 bits per heavy atom. The molecule has 1 saturated carbocycles. The number of nitriles is 3. The molecule has 0 aliphatic heterocycles. The Morgan fingerprint density at radius 1 is 1.20 bits per heavy atom. The van der Waals surface area contributed by atoms with Crippen LogP contribution >= 0.6 is 0 Å². The first kappa shape index (κ1) is 18.7. The molecule has 0 radical (unpaired) electrons. The molecule has 25 heavy (non-hydrogen) atoms. The molecule has 0 heterocycles. The topological polar surface area (TPSA) is 132 Å². The Morgan fingerprint density at radius 2 is 1.80 bits per heavy atom. The highest BCUT2D eigenvalue weighted by atomic mass is 16.1.